The van der Waals surface area contributed by atoms with E-state index in [0.29, 0.717) is 43.1 Å². The van der Waals surface area contributed by atoms with Gasteiger partial charge in [-0.1, -0.05) is 126 Å². The molecule has 1 fully saturated rings. The molecule has 2 N–H and O–H groups in total. The summed E-state index contributed by atoms with van der Waals surface area (Å²) in [4.78, 5) is 50.4. The second-order valence-electron chi connectivity index (χ2n) is 17.2. The molecule has 0 bridgehead atoms. The summed E-state index contributed by atoms with van der Waals surface area (Å²) in [6.07, 6.45) is 34.4. The number of quaternary nitrogens is 1. The molecule has 6 atom stereocenters. The number of carbonyl (C=O) groups is 3. The van der Waals surface area contributed by atoms with Gasteiger partial charge in [-0.05, 0) is 70.1 Å². The summed E-state index contributed by atoms with van der Waals surface area (Å²) in [6.45, 7) is 3.69. The second-order valence-corrected chi connectivity index (χ2v) is 18.6. The first kappa shape index (κ1) is 56.3. The maximum absolute atomic E-state index is 12.8. The number of ketones is 1. The Morgan fingerprint density at radius 3 is 2.05 bits per heavy atom. The molecule has 1 aliphatic rings. The highest BCUT2D eigenvalue weighted by Gasteiger charge is 2.39. The van der Waals surface area contributed by atoms with Crippen molar-refractivity contribution in [3.05, 3.63) is 60.8 Å². The standard InChI is InChI=1S/C48H82NO11P/c1-6-8-10-11-12-13-14-15-16-17-18-19-20-21-22-23-28-32-47(53)57-39-42(40-59-61(55,56)58-37-36-49(3,4)5)60-48(54)33-29-25-24-27-31-43-44(46(52)38-45(43)51)35-34-41(50)30-26-9-7-2/h8,10,12-13,15-16,18-19,34-35,41-45,50-51H,6-7,9,11,14,17,20-33,36-40H2,1-5H3/b10-8-,13-12-,16-15-,19-18-,35-34+/t41-,42+,43+,44+,45-/m0/s1. The van der Waals surface area contributed by atoms with Crippen LogP contribution >= 0.6 is 7.82 Å². The summed E-state index contributed by atoms with van der Waals surface area (Å²) in [5.74, 6) is -1.63. The van der Waals surface area contributed by atoms with Gasteiger partial charge in [0.1, 0.15) is 25.5 Å². The van der Waals surface area contributed by atoms with Crippen LogP contribution in [0.4, 0.5) is 0 Å². The number of carbonyl (C=O) groups excluding carboxylic acids is 3. The molecule has 0 heterocycles. The largest absolute Gasteiger partial charge is 0.756 e. The van der Waals surface area contributed by atoms with Crippen LogP contribution in [0.25, 0.3) is 0 Å². The normalized spacial score (nSPS) is 19.5. The van der Waals surface area contributed by atoms with Crippen molar-refractivity contribution < 1.29 is 57.1 Å². The maximum atomic E-state index is 12.8. The van der Waals surface area contributed by atoms with E-state index in [2.05, 4.69) is 62.5 Å². The third kappa shape index (κ3) is 31.7. The number of aliphatic hydroxyl groups excluding tert-OH is 2. The smallest absolute Gasteiger partial charge is 0.306 e. The molecule has 1 saturated carbocycles. The zero-order chi connectivity index (χ0) is 45.2. The van der Waals surface area contributed by atoms with Crippen LogP contribution in [0.2, 0.25) is 0 Å². The van der Waals surface area contributed by atoms with Crippen LogP contribution in [-0.2, 0) is 37.5 Å². The van der Waals surface area contributed by atoms with Gasteiger partial charge >= 0.3 is 11.9 Å². The lowest BCUT2D eigenvalue weighted by Crippen LogP contribution is -2.37. The van der Waals surface area contributed by atoms with E-state index in [9.17, 15) is 34.1 Å². The van der Waals surface area contributed by atoms with Gasteiger partial charge in [0.05, 0.1) is 40.0 Å². The number of aliphatic hydroxyl groups is 2. The predicted molar refractivity (Wildman–Crippen MR) is 241 cm³/mol. The van der Waals surface area contributed by atoms with Crippen molar-refractivity contribution in [1.82, 2.24) is 0 Å². The molecule has 0 aromatic carbocycles. The van der Waals surface area contributed by atoms with Crippen molar-refractivity contribution in [1.29, 1.82) is 0 Å². The van der Waals surface area contributed by atoms with Gasteiger partial charge in [-0.25, -0.2) is 0 Å². The average Bonchev–Trinajstić information content (AvgIpc) is 3.47. The van der Waals surface area contributed by atoms with E-state index in [-0.39, 0.29) is 44.2 Å². The lowest BCUT2D eigenvalue weighted by Gasteiger charge is -2.28. The van der Waals surface area contributed by atoms with Gasteiger partial charge in [0.15, 0.2) is 6.10 Å². The minimum atomic E-state index is -4.70. The number of hydrogen-bond donors (Lipinski definition) is 2. The fourth-order valence-corrected chi connectivity index (χ4v) is 7.51. The van der Waals surface area contributed by atoms with Crippen LogP contribution in [-0.4, -0.2) is 98.2 Å². The van der Waals surface area contributed by atoms with E-state index in [1.54, 1.807) is 12.2 Å². The van der Waals surface area contributed by atoms with Crippen LogP contribution in [0.15, 0.2) is 60.8 Å². The van der Waals surface area contributed by atoms with Crippen molar-refractivity contribution in [3.8, 4) is 0 Å². The van der Waals surface area contributed by atoms with E-state index in [4.69, 9.17) is 18.5 Å². The van der Waals surface area contributed by atoms with Crippen molar-refractivity contribution in [2.75, 3.05) is 47.5 Å². The third-order valence-corrected chi connectivity index (χ3v) is 11.4. The summed E-state index contributed by atoms with van der Waals surface area (Å²) in [7, 11) is 0.996. The Morgan fingerprint density at radius 2 is 1.41 bits per heavy atom. The lowest BCUT2D eigenvalue weighted by atomic mass is 9.88. The number of phosphoric acid groups is 1. The Hall–Kier alpha value is -2.70. The van der Waals surface area contributed by atoms with Crippen molar-refractivity contribution in [3.63, 3.8) is 0 Å². The maximum Gasteiger partial charge on any atom is 0.306 e. The van der Waals surface area contributed by atoms with Crippen molar-refractivity contribution in [2.24, 2.45) is 11.8 Å². The molecule has 1 aliphatic carbocycles. The number of unbranched alkanes of at least 4 members (excludes halogenated alkanes) is 9. The van der Waals surface area contributed by atoms with Gasteiger partial charge in [0.2, 0.25) is 0 Å². The summed E-state index contributed by atoms with van der Waals surface area (Å²) < 4.78 is 33.9. The highest BCUT2D eigenvalue weighted by atomic mass is 31.2. The van der Waals surface area contributed by atoms with Crippen LogP contribution in [0, 0.1) is 11.8 Å². The van der Waals surface area contributed by atoms with Crippen LogP contribution in [0.3, 0.4) is 0 Å². The van der Waals surface area contributed by atoms with Gasteiger partial charge in [0.25, 0.3) is 7.82 Å². The first-order valence-electron chi connectivity index (χ1n) is 23.1. The molecule has 1 unspecified atom stereocenters. The zero-order valence-electron chi connectivity index (χ0n) is 38.3. The molecule has 13 heteroatoms. The average molecular weight is 880 g/mol. The summed E-state index contributed by atoms with van der Waals surface area (Å²) in [5.41, 5.74) is 0. The van der Waals surface area contributed by atoms with Crippen molar-refractivity contribution >= 4 is 25.5 Å². The Balaban J connectivity index is 2.48. The molecule has 0 aromatic rings. The minimum Gasteiger partial charge on any atom is -0.756 e. The molecule has 0 radical (unpaired) electrons. The molecule has 0 spiro atoms. The van der Waals surface area contributed by atoms with Gasteiger partial charge in [-0.3, -0.25) is 18.9 Å². The summed E-state index contributed by atoms with van der Waals surface area (Å²) in [5, 5.41) is 20.8. The van der Waals surface area contributed by atoms with E-state index < -0.39 is 50.6 Å². The highest BCUT2D eigenvalue weighted by Crippen LogP contribution is 2.38. The first-order chi connectivity index (χ1) is 29.2. The highest BCUT2D eigenvalue weighted by molar-refractivity contribution is 7.45. The molecular formula is C48H82NO11P. The Kier molecular flexibility index (Phi) is 32.1. The number of nitrogens with zero attached hydrogens (tertiary/aromatic N) is 1. The number of allylic oxidation sites excluding steroid dienone is 9. The molecule has 0 aliphatic heterocycles. The molecule has 0 saturated heterocycles. The second kappa shape index (κ2) is 34.7. The minimum absolute atomic E-state index is 0.00490. The fourth-order valence-electron chi connectivity index (χ4n) is 6.78. The first-order valence-corrected chi connectivity index (χ1v) is 24.6. The van der Waals surface area contributed by atoms with E-state index >= 15 is 0 Å². The quantitative estimate of drug-likeness (QED) is 0.0201. The van der Waals surface area contributed by atoms with Crippen LogP contribution in [0.1, 0.15) is 149 Å². The Bertz CT molecular complexity index is 1390. The number of esters is 2. The SMILES string of the molecule is CC/C=C\C/C=C\C/C=C\C/C=C\CCCCCCC(=O)OC[C@H](COP(=O)([O-])OCC[N+](C)(C)C)OC(=O)CCCCCC[C@H]1[C@@H](O)CC(=O)[C@@H]1/C=C/[C@@H](O)CCCCC. The predicted octanol–water partition coefficient (Wildman–Crippen LogP) is 9.20. The molecule has 1 rings (SSSR count). The molecule has 350 valence electrons. The zero-order valence-corrected chi connectivity index (χ0v) is 39.2. The fraction of sp³-hybridized carbons (Fsp3) is 0.729. The van der Waals surface area contributed by atoms with E-state index in [0.717, 1.165) is 83.5 Å². The molecule has 0 amide bonds. The Labute approximate surface area is 368 Å². The van der Waals surface area contributed by atoms with Crippen molar-refractivity contribution in [2.45, 2.75) is 167 Å². The number of hydrogen-bond acceptors (Lipinski definition) is 11. The summed E-state index contributed by atoms with van der Waals surface area (Å²) >= 11 is 0. The number of Topliss-reactive ketones (excluding diaryl/α,β-unsaturated/α-hetero) is 1. The number of likely N-dealkylation sites (N-methyl/N-ethyl adjacent to an activating group) is 1. The molecule has 61 heavy (non-hydrogen) atoms. The topological polar surface area (TPSA) is 169 Å². The summed E-state index contributed by atoms with van der Waals surface area (Å²) in [6, 6.07) is 0. The molecule has 12 nitrogen and oxygen atoms in total. The van der Waals surface area contributed by atoms with Gasteiger partial charge in [-0.15, -0.1) is 0 Å². The van der Waals surface area contributed by atoms with Gasteiger partial charge < -0.3 is 38.1 Å². The monoisotopic (exact) mass is 880 g/mol. The van der Waals surface area contributed by atoms with Crippen LogP contribution < -0.4 is 4.89 Å². The third-order valence-electron chi connectivity index (χ3n) is 10.4. The molecular weight excluding hydrogens is 797 g/mol. The number of ether oxygens (including phenoxy) is 2. The molecule has 0 aromatic heterocycles. The van der Waals surface area contributed by atoms with Crippen LogP contribution in [0.5, 0.6) is 0 Å². The Morgan fingerprint density at radius 1 is 0.803 bits per heavy atom. The number of rotatable bonds is 37. The van der Waals surface area contributed by atoms with Gasteiger partial charge in [-0.2, -0.15) is 0 Å². The van der Waals surface area contributed by atoms with Gasteiger partial charge in [0, 0.05) is 25.2 Å². The van der Waals surface area contributed by atoms with E-state index in [1.165, 1.54) is 0 Å². The number of phosphoric ester groups is 1. The van der Waals surface area contributed by atoms with E-state index in [1.807, 2.05) is 21.1 Å². The lowest BCUT2D eigenvalue weighted by molar-refractivity contribution is -0.870.